The summed E-state index contributed by atoms with van der Waals surface area (Å²) in [5.41, 5.74) is 0.800. The van der Waals surface area contributed by atoms with Crippen LogP contribution in [0.4, 0.5) is 16.2 Å². The van der Waals surface area contributed by atoms with E-state index in [-0.39, 0.29) is 17.7 Å². The maximum atomic E-state index is 12.5. The van der Waals surface area contributed by atoms with Crippen molar-refractivity contribution < 1.29 is 29.4 Å². The molecule has 0 aromatic heterocycles. The van der Waals surface area contributed by atoms with Crippen LogP contribution >= 0.6 is 11.8 Å². The van der Waals surface area contributed by atoms with Crippen LogP contribution in [0.25, 0.3) is 0 Å². The Kier molecular flexibility index (Phi) is 5.13. The van der Waals surface area contributed by atoms with E-state index in [1.807, 2.05) is 0 Å². The first-order valence-corrected chi connectivity index (χ1v) is 8.70. The maximum Gasteiger partial charge on any atom is 0.335 e. The number of amides is 3. The predicted molar refractivity (Wildman–Crippen MR) is 99.0 cm³/mol. The van der Waals surface area contributed by atoms with E-state index in [2.05, 4.69) is 5.32 Å². The number of phenolic OH excluding ortho intramolecular Hbond substituents is 1. The Morgan fingerprint density at radius 1 is 1.04 bits per heavy atom. The van der Waals surface area contributed by atoms with Crippen molar-refractivity contribution in [2.75, 3.05) is 10.2 Å². The smallest absolute Gasteiger partial charge is 0.335 e. The minimum absolute atomic E-state index is 0.00958. The lowest BCUT2D eigenvalue weighted by molar-refractivity contribution is -0.121. The Labute approximate surface area is 157 Å². The van der Waals surface area contributed by atoms with Gasteiger partial charge in [0.15, 0.2) is 0 Å². The summed E-state index contributed by atoms with van der Waals surface area (Å²) in [6, 6.07) is 11.2. The van der Waals surface area contributed by atoms with Gasteiger partial charge >= 0.3 is 5.97 Å². The number of nitrogens with zero attached hydrogens (tertiary/aromatic N) is 1. The van der Waals surface area contributed by atoms with Crippen LogP contribution in [0.1, 0.15) is 16.8 Å². The van der Waals surface area contributed by atoms with Gasteiger partial charge in [-0.15, -0.1) is 0 Å². The van der Waals surface area contributed by atoms with E-state index in [0.717, 1.165) is 16.7 Å². The van der Waals surface area contributed by atoms with Crippen molar-refractivity contribution in [3.63, 3.8) is 0 Å². The van der Waals surface area contributed by atoms with Gasteiger partial charge in [0.1, 0.15) is 11.0 Å². The van der Waals surface area contributed by atoms with Crippen molar-refractivity contribution in [3.8, 4) is 5.75 Å². The summed E-state index contributed by atoms with van der Waals surface area (Å²) < 4.78 is 0. The maximum absolute atomic E-state index is 12.5. The second kappa shape index (κ2) is 7.50. The third-order valence-electron chi connectivity index (χ3n) is 3.82. The highest BCUT2D eigenvalue weighted by molar-refractivity contribution is 8.15. The molecule has 2 aromatic carbocycles. The van der Waals surface area contributed by atoms with E-state index >= 15 is 0 Å². The van der Waals surface area contributed by atoms with Gasteiger partial charge in [0.2, 0.25) is 11.8 Å². The third kappa shape index (κ3) is 4.09. The number of aromatic carboxylic acids is 1. The summed E-state index contributed by atoms with van der Waals surface area (Å²) in [5.74, 6) is -2.04. The van der Waals surface area contributed by atoms with E-state index in [1.165, 1.54) is 48.5 Å². The molecular formula is C18H14N2O6S. The van der Waals surface area contributed by atoms with E-state index < -0.39 is 28.3 Å². The predicted octanol–water partition coefficient (Wildman–Crippen LogP) is 2.69. The molecule has 0 saturated carbocycles. The monoisotopic (exact) mass is 386 g/mol. The lowest BCUT2D eigenvalue weighted by Crippen LogP contribution is -2.32. The number of anilines is 2. The average Bonchev–Trinajstić information content (AvgIpc) is 2.90. The van der Waals surface area contributed by atoms with E-state index in [9.17, 15) is 24.3 Å². The molecule has 1 fully saturated rings. The highest BCUT2D eigenvalue weighted by Crippen LogP contribution is 2.34. The Hall–Kier alpha value is -3.33. The molecule has 2 aromatic rings. The summed E-state index contributed by atoms with van der Waals surface area (Å²) in [7, 11) is 0. The Bertz CT molecular complexity index is 910. The van der Waals surface area contributed by atoms with Crippen molar-refractivity contribution in [3.05, 3.63) is 54.1 Å². The Balaban J connectivity index is 1.64. The van der Waals surface area contributed by atoms with Crippen molar-refractivity contribution in [1.82, 2.24) is 0 Å². The molecule has 0 spiro atoms. The van der Waals surface area contributed by atoms with E-state index in [0.29, 0.717) is 11.4 Å². The molecule has 1 heterocycles. The van der Waals surface area contributed by atoms with Crippen LogP contribution < -0.4 is 10.2 Å². The van der Waals surface area contributed by atoms with Gasteiger partial charge in [0.05, 0.1) is 11.3 Å². The summed E-state index contributed by atoms with van der Waals surface area (Å²) in [5, 5.41) is 19.4. The molecule has 1 unspecified atom stereocenters. The number of carboxylic acid groups (broad SMARTS) is 1. The normalized spacial score (nSPS) is 16.4. The molecular weight excluding hydrogens is 372 g/mol. The Morgan fingerprint density at radius 3 is 2.26 bits per heavy atom. The first-order valence-electron chi connectivity index (χ1n) is 7.82. The molecule has 1 aliphatic rings. The van der Waals surface area contributed by atoms with Crippen LogP contribution in [0.5, 0.6) is 5.75 Å². The van der Waals surface area contributed by atoms with Gasteiger partial charge < -0.3 is 15.5 Å². The number of aromatic hydroxyl groups is 1. The molecule has 3 N–H and O–H groups in total. The molecule has 1 atom stereocenters. The summed E-state index contributed by atoms with van der Waals surface area (Å²) in [4.78, 5) is 48.6. The van der Waals surface area contributed by atoms with Crippen LogP contribution in [0.3, 0.4) is 0 Å². The number of imide groups is 1. The minimum Gasteiger partial charge on any atom is -0.508 e. The molecule has 3 amide bonds. The zero-order chi connectivity index (χ0) is 19.6. The number of hydrogen-bond donors (Lipinski definition) is 3. The van der Waals surface area contributed by atoms with Gasteiger partial charge in [-0.05, 0) is 60.3 Å². The lowest BCUT2D eigenvalue weighted by atomic mass is 10.2. The fourth-order valence-electron chi connectivity index (χ4n) is 2.50. The highest BCUT2D eigenvalue weighted by atomic mass is 32.2. The number of carboxylic acids is 1. The third-order valence-corrected chi connectivity index (χ3v) is 4.85. The molecule has 3 rings (SSSR count). The Morgan fingerprint density at radius 2 is 1.67 bits per heavy atom. The summed E-state index contributed by atoms with van der Waals surface area (Å²) in [6.07, 6.45) is -0.204. The first kappa shape index (κ1) is 18.5. The second-order valence-corrected chi connectivity index (χ2v) is 6.85. The summed E-state index contributed by atoms with van der Waals surface area (Å²) in [6.45, 7) is 0. The number of thioether (sulfide) groups is 1. The van der Waals surface area contributed by atoms with Crippen LogP contribution in [0.15, 0.2) is 48.5 Å². The quantitative estimate of drug-likeness (QED) is 0.722. The number of phenols is 1. The van der Waals surface area contributed by atoms with Gasteiger partial charge in [-0.3, -0.25) is 14.4 Å². The van der Waals surface area contributed by atoms with Crippen molar-refractivity contribution in [2.24, 2.45) is 0 Å². The first-order chi connectivity index (χ1) is 12.8. The van der Waals surface area contributed by atoms with Crippen molar-refractivity contribution >= 4 is 46.2 Å². The summed E-state index contributed by atoms with van der Waals surface area (Å²) >= 11 is 0.762. The molecule has 0 bridgehead atoms. The number of carbonyl (C=O) groups is 4. The number of benzene rings is 2. The molecule has 1 saturated heterocycles. The van der Waals surface area contributed by atoms with E-state index in [4.69, 9.17) is 5.11 Å². The topological polar surface area (TPSA) is 124 Å². The highest BCUT2D eigenvalue weighted by Gasteiger charge is 2.41. The fraction of sp³-hybridized carbons (Fsp3) is 0.111. The van der Waals surface area contributed by atoms with Crippen molar-refractivity contribution in [2.45, 2.75) is 11.7 Å². The van der Waals surface area contributed by atoms with Gasteiger partial charge in [0.25, 0.3) is 5.24 Å². The van der Waals surface area contributed by atoms with Gasteiger partial charge in [-0.25, -0.2) is 9.69 Å². The minimum atomic E-state index is -1.08. The zero-order valence-electron chi connectivity index (χ0n) is 13.8. The molecule has 0 radical (unpaired) electrons. The second-order valence-electron chi connectivity index (χ2n) is 5.70. The zero-order valence-corrected chi connectivity index (χ0v) is 14.6. The van der Waals surface area contributed by atoms with Crippen molar-refractivity contribution in [1.29, 1.82) is 0 Å². The molecule has 27 heavy (non-hydrogen) atoms. The van der Waals surface area contributed by atoms with Gasteiger partial charge in [-0.2, -0.15) is 0 Å². The van der Waals surface area contributed by atoms with Gasteiger partial charge in [0, 0.05) is 12.1 Å². The van der Waals surface area contributed by atoms with E-state index in [1.54, 1.807) is 0 Å². The lowest BCUT2D eigenvalue weighted by Gasteiger charge is -2.14. The fourth-order valence-corrected chi connectivity index (χ4v) is 3.48. The standard InChI is InChI=1S/C18H14N2O6S/c21-13-7-5-12(6-8-13)20-16(23)14(27-18(20)26)9-15(22)19-11-3-1-10(2-4-11)17(24)25/h1-8,14,21H,9H2,(H,19,22)(H,24,25). The van der Waals surface area contributed by atoms with Crippen LogP contribution in [-0.4, -0.2) is 38.5 Å². The van der Waals surface area contributed by atoms with Crippen LogP contribution in [0, 0.1) is 0 Å². The number of carbonyl (C=O) groups excluding carboxylic acids is 3. The molecule has 138 valence electrons. The SMILES string of the molecule is O=C(CC1SC(=O)N(c2ccc(O)cc2)C1=O)Nc1ccc(C(=O)O)cc1. The molecule has 0 aliphatic carbocycles. The number of nitrogens with one attached hydrogen (secondary N) is 1. The van der Waals surface area contributed by atoms with Gasteiger partial charge in [-0.1, -0.05) is 0 Å². The van der Waals surface area contributed by atoms with Crippen LogP contribution in [0.2, 0.25) is 0 Å². The number of rotatable bonds is 5. The molecule has 8 nitrogen and oxygen atoms in total. The van der Waals surface area contributed by atoms with Crippen LogP contribution in [-0.2, 0) is 9.59 Å². The molecule has 1 aliphatic heterocycles. The largest absolute Gasteiger partial charge is 0.508 e. The molecule has 9 heteroatoms. The number of hydrogen-bond acceptors (Lipinski definition) is 6. The average molecular weight is 386 g/mol.